The summed E-state index contributed by atoms with van der Waals surface area (Å²) in [5, 5.41) is 0. The van der Waals surface area contributed by atoms with E-state index in [-0.39, 0.29) is 25.9 Å². The zero-order valence-electron chi connectivity index (χ0n) is 7.20. The van der Waals surface area contributed by atoms with Crippen LogP contribution in [0.15, 0.2) is 0 Å². The van der Waals surface area contributed by atoms with E-state index in [4.69, 9.17) is 0 Å². The van der Waals surface area contributed by atoms with Gasteiger partial charge >= 0.3 is 23.1 Å². The van der Waals surface area contributed by atoms with E-state index in [0.29, 0.717) is 0 Å². The molecule has 46 valence electrons. The van der Waals surface area contributed by atoms with Crippen LogP contribution in [0.5, 0.6) is 0 Å². The molecule has 0 aliphatic heterocycles. The van der Waals surface area contributed by atoms with Gasteiger partial charge in [-0.2, -0.15) is 0 Å². The summed E-state index contributed by atoms with van der Waals surface area (Å²) >= 11 is 2.56. The van der Waals surface area contributed by atoms with Gasteiger partial charge in [0.25, 0.3) is 0 Å². The zero-order chi connectivity index (χ0) is 5.11. The van der Waals surface area contributed by atoms with Crippen LogP contribution in [-0.2, 0) is 0 Å². The molecule has 0 N–H and O–H groups in total. The van der Waals surface area contributed by atoms with Crippen molar-refractivity contribution in [3.63, 3.8) is 0 Å². The van der Waals surface area contributed by atoms with Gasteiger partial charge in [0.05, 0.1) is 0 Å². The summed E-state index contributed by atoms with van der Waals surface area (Å²) < 4.78 is 1.01. The first-order chi connectivity index (χ1) is 3.39. The molecule has 1 saturated carbocycles. The van der Waals surface area contributed by atoms with Crippen LogP contribution in [0.1, 0.15) is 35.0 Å². The molecule has 0 bridgehead atoms. The topological polar surface area (TPSA) is 0 Å². The summed E-state index contributed by atoms with van der Waals surface area (Å²) in [5.41, 5.74) is 0. The first kappa shape index (κ1) is 9.50. The van der Waals surface area contributed by atoms with Crippen LogP contribution in [0.4, 0.5) is 0 Å². The third-order valence-corrected chi connectivity index (χ3v) is 2.78. The van der Waals surface area contributed by atoms with Crippen molar-refractivity contribution in [2.24, 2.45) is 0 Å². The van der Waals surface area contributed by atoms with Gasteiger partial charge in [0.2, 0.25) is 0 Å². The Morgan fingerprint density at radius 1 is 1.12 bits per heavy atom. The van der Waals surface area contributed by atoms with Crippen LogP contribution in [-0.4, -0.2) is 27.0 Å². The van der Waals surface area contributed by atoms with Crippen LogP contribution in [0.2, 0.25) is 0 Å². The molecule has 0 saturated heterocycles. The molecule has 0 amide bonds. The van der Waals surface area contributed by atoms with E-state index in [1.807, 2.05) is 0 Å². The molecule has 8 heavy (non-hydrogen) atoms. The van der Waals surface area contributed by atoms with Crippen molar-refractivity contribution >= 4 is 45.6 Å². The molecule has 2 heteroatoms. The van der Waals surface area contributed by atoms with E-state index < -0.39 is 0 Å². The van der Waals surface area contributed by atoms with E-state index >= 15 is 0 Å². The molecule has 0 atom stereocenters. The quantitative estimate of drug-likeness (QED) is 0.344. The third-order valence-electron chi connectivity index (χ3n) is 1.53. The van der Waals surface area contributed by atoms with Crippen LogP contribution < -0.4 is 0 Å². The van der Waals surface area contributed by atoms with Crippen LogP contribution in [0, 0.1) is 0 Å². The average Bonchev–Trinajstić information content (AvgIpc) is 1.69. The van der Waals surface area contributed by atoms with Crippen molar-refractivity contribution in [3.05, 3.63) is 0 Å². The van der Waals surface area contributed by atoms with Crippen molar-refractivity contribution in [2.75, 3.05) is 0 Å². The first-order valence-corrected chi connectivity index (χ1v) is 4.28. The maximum atomic E-state index is 2.56. The second kappa shape index (κ2) is 5.29. The second-order valence-corrected chi connectivity index (χ2v) is 4.00. The SMILES string of the molecule is IC1CCCCC1.[H-].[H-].[Mg+2]. The molecule has 0 radical (unpaired) electrons. The maximum Gasteiger partial charge on any atom is 2.00 e. The predicted molar refractivity (Wildman–Crippen MR) is 48.9 cm³/mol. The summed E-state index contributed by atoms with van der Waals surface area (Å²) in [5.74, 6) is 0. The second-order valence-electron chi connectivity index (χ2n) is 2.24. The Morgan fingerprint density at radius 3 is 1.88 bits per heavy atom. The molecule has 1 fully saturated rings. The summed E-state index contributed by atoms with van der Waals surface area (Å²) in [4.78, 5) is 0. The molecule has 1 aliphatic rings. The largest absolute Gasteiger partial charge is 2.00 e. The molecule has 1 rings (SSSR count). The van der Waals surface area contributed by atoms with Gasteiger partial charge in [0.15, 0.2) is 0 Å². The zero-order valence-corrected chi connectivity index (χ0v) is 8.77. The summed E-state index contributed by atoms with van der Waals surface area (Å²) in [7, 11) is 0. The van der Waals surface area contributed by atoms with Crippen LogP contribution >= 0.6 is 22.6 Å². The summed E-state index contributed by atoms with van der Waals surface area (Å²) in [6.45, 7) is 0. The monoisotopic (exact) mass is 236 g/mol. The minimum absolute atomic E-state index is 0. The molecule has 0 aromatic rings. The average molecular weight is 236 g/mol. The van der Waals surface area contributed by atoms with Gasteiger partial charge in [-0.1, -0.05) is 41.9 Å². The van der Waals surface area contributed by atoms with Gasteiger partial charge in [-0.05, 0) is 12.8 Å². The summed E-state index contributed by atoms with van der Waals surface area (Å²) in [6.07, 6.45) is 7.39. The molecule has 0 aromatic heterocycles. The molecule has 0 unspecified atom stereocenters. The Labute approximate surface area is 84.1 Å². The van der Waals surface area contributed by atoms with Gasteiger partial charge in [0.1, 0.15) is 0 Å². The number of hydrogen-bond acceptors (Lipinski definition) is 0. The Hall–Kier alpha value is 1.50. The van der Waals surface area contributed by atoms with E-state index in [9.17, 15) is 0 Å². The minimum atomic E-state index is 0. The van der Waals surface area contributed by atoms with Crippen molar-refractivity contribution in [1.82, 2.24) is 0 Å². The van der Waals surface area contributed by atoms with Crippen molar-refractivity contribution in [3.8, 4) is 0 Å². The van der Waals surface area contributed by atoms with Crippen LogP contribution in [0.3, 0.4) is 0 Å². The smallest absolute Gasteiger partial charge is 1.00 e. The van der Waals surface area contributed by atoms with E-state index in [0.717, 1.165) is 3.92 Å². The van der Waals surface area contributed by atoms with E-state index in [1.165, 1.54) is 32.1 Å². The third kappa shape index (κ3) is 3.51. The molecular formula is C6H13IMg. The molecule has 0 heterocycles. The Morgan fingerprint density at radius 2 is 1.62 bits per heavy atom. The van der Waals surface area contributed by atoms with Crippen molar-refractivity contribution in [1.29, 1.82) is 0 Å². The Balaban J connectivity index is -0.000000163. The fourth-order valence-electron chi connectivity index (χ4n) is 1.05. The molecule has 0 aromatic carbocycles. The number of hydrogen-bond donors (Lipinski definition) is 0. The normalized spacial score (nSPS) is 22.1. The fraction of sp³-hybridized carbons (Fsp3) is 1.00. The maximum absolute atomic E-state index is 2.56. The van der Waals surface area contributed by atoms with Crippen LogP contribution in [0.25, 0.3) is 0 Å². The van der Waals surface area contributed by atoms with Crippen molar-refractivity contribution in [2.45, 2.75) is 36.0 Å². The van der Waals surface area contributed by atoms with Gasteiger partial charge in [-0.25, -0.2) is 0 Å². The van der Waals surface area contributed by atoms with E-state index in [2.05, 4.69) is 22.6 Å². The first-order valence-electron chi connectivity index (χ1n) is 3.03. The fourth-order valence-corrected chi connectivity index (χ4v) is 1.93. The van der Waals surface area contributed by atoms with Gasteiger partial charge in [0, 0.05) is 3.92 Å². The standard InChI is InChI=1S/C6H11I.Mg.2H/c7-6-4-2-1-3-5-6;;;/h6H,1-5H2;;;/q;+2;2*-1. The molecule has 1 aliphatic carbocycles. The minimum Gasteiger partial charge on any atom is -1.00 e. The van der Waals surface area contributed by atoms with E-state index in [1.54, 1.807) is 0 Å². The summed E-state index contributed by atoms with van der Waals surface area (Å²) in [6, 6.07) is 0. The van der Waals surface area contributed by atoms with Crippen molar-refractivity contribution < 1.29 is 2.85 Å². The predicted octanol–water partition coefficient (Wildman–Crippen LogP) is 2.60. The molecular weight excluding hydrogens is 223 g/mol. The van der Waals surface area contributed by atoms with Gasteiger partial charge in [-0.3, -0.25) is 0 Å². The Bertz CT molecular complexity index is 57.7. The molecule has 0 nitrogen and oxygen atoms in total. The van der Waals surface area contributed by atoms with Gasteiger partial charge < -0.3 is 2.85 Å². The van der Waals surface area contributed by atoms with Gasteiger partial charge in [-0.15, -0.1) is 0 Å². The number of rotatable bonds is 0. The number of alkyl halides is 1. The molecule has 0 spiro atoms. The number of halogens is 1. The Kier molecular flexibility index (Phi) is 6.28.